The van der Waals surface area contributed by atoms with Gasteiger partial charge in [-0.25, -0.2) is 14.3 Å². The van der Waals surface area contributed by atoms with E-state index < -0.39 is 24.0 Å². The maximum Gasteiger partial charge on any atom is 0.268 e. The maximum atomic E-state index is 13.0. The fourth-order valence-electron chi connectivity index (χ4n) is 2.72. The summed E-state index contributed by atoms with van der Waals surface area (Å²) in [6.45, 7) is 3.15. The van der Waals surface area contributed by atoms with Crippen LogP contribution in [0.2, 0.25) is 0 Å². The second kappa shape index (κ2) is 9.36. The zero-order valence-electron chi connectivity index (χ0n) is 15.2. The Balaban J connectivity index is 1.88. The summed E-state index contributed by atoms with van der Waals surface area (Å²) in [5.41, 5.74) is 0.947. The van der Waals surface area contributed by atoms with Crippen LogP contribution >= 0.6 is 11.3 Å². The summed E-state index contributed by atoms with van der Waals surface area (Å²) in [7, 11) is 0. The highest BCUT2D eigenvalue weighted by Crippen LogP contribution is 2.27. The van der Waals surface area contributed by atoms with Crippen LogP contribution in [-0.2, 0) is 11.2 Å². The van der Waals surface area contributed by atoms with Crippen LogP contribution in [0.25, 0.3) is 10.4 Å². The summed E-state index contributed by atoms with van der Waals surface area (Å²) in [6.07, 6.45) is -1.88. The minimum atomic E-state index is -3.14. The minimum absolute atomic E-state index is 0.229. The number of aliphatic hydroxyl groups is 1. The van der Waals surface area contributed by atoms with E-state index in [2.05, 4.69) is 24.4 Å². The van der Waals surface area contributed by atoms with Gasteiger partial charge in [0, 0.05) is 9.75 Å². The number of benzene rings is 1. The van der Waals surface area contributed by atoms with Gasteiger partial charge >= 0.3 is 0 Å². The molecule has 1 aromatic carbocycles. The van der Waals surface area contributed by atoms with Gasteiger partial charge in [-0.1, -0.05) is 24.3 Å². The molecule has 2 rings (SSSR count). The highest BCUT2D eigenvalue weighted by Gasteiger charge is 2.44. The van der Waals surface area contributed by atoms with Crippen LogP contribution in [0.5, 0.6) is 0 Å². The molecule has 0 saturated carbocycles. The lowest BCUT2D eigenvalue weighted by molar-refractivity contribution is -0.150. The van der Waals surface area contributed by atoms with Gasteiger partial charge in [-0.15, -0.1) is 11.3 Å². The topological polar surface area (TPSA) is 81.6 Å². The third-order valence-corrected chi connectivity index (χ3v) is 5.42. The van der Waals surface area contributed by atoms with Gasteiger partial charge in [0.15, 0.2) is 0 Å². The fourth-order valence-corrected chi connectivity index (χ4v) is 3.59. The lowest BCUT2D eigenvalue weighted by Gasteiger charge is -2.31. The molecule has 5 nitrogen and oxygen atoms in total. The molecule has 0 aliphatic heterocycles. The Morgan fingerprint density at radius 3 is 2.41 bits per heavy atom. The molecule has 2 aromatic rings. The SMILES string of the molecule is Cc1ccc(-c2ccc(CCCN[C@H](C(=O)NO)[C@](C)(O)C(F)F)cc2)s1. The smallest absolute Gasteiger partial charge is 0.268 e. The zero-order valence-corrected chi connectivity index (χ0v) is 16.0. The van der Waals surface area contributed by atoms with Crippen LogP contribution in [0.4, 0.5) is 8.78 Å². The summed E-state index contributed by atoms with van der Waals surface area (Å²) < 4.78 is 25.9. The molecule has 4 N–H and O–H groups in total. The van der Waals surface area contributed by atoms with Crippen molar-refractivity contribution in [3.63, 3.8) is 0 Å². The summed E-state index contributed by atoms with van der Waals surface area (Å²) in [4.78, 5) is 14.0. The van der Waals surface area contributed by atoms with E-state index in [1.54, 1.807) is 11.3 Å². The molecule has 0 unspecified atom stereocenters. The number of nitrogens with one attached hydrogen (secondary N) is 2. The molecule has 0 bridgehead atoms. The van der Waals surface area contributed by atoms with E-state index in [9.17, 15) is 18.7 Å². The van der Waals surface area contributed by atoms with Crippen molar-refractivity contribution in [2.45, 2.75) is 44.8 Å². The number of alkyl halides is 2. The van der Waals surface area contributed by atoms with Crippen molar-refractivity contribution in [3.8, 4) is 10.4 Å². The molecule has 0 aliphatic rings. The van der Waals surface area contributed by atoms with Crippen molar-refractivity contribution >= 4 is 17.2 Å². The van der Waals surface area contributed by atoms with E-state index in [-0.39, 0.29) is 6.54 Å². The second-order valence-electron chi connectivity index (χ2n) is 6.60. The monoisotopic (exact) mass is 398 g/mol. The molecule has 0 spiro atoms. The van der Waals surface area contributed by atoms with Crippen LogP contribution in [0.15, 0.2) is 36.4 Å². The summed E-state index contributed by atoms with van der Waals surface area (Å²) in [5.74, 6) is -1.10. The highest BCUT2D eigenvalue weighted by molar-refractivity contribution is 7.15. The summed E-state index contributed by atoms with van der Waals surface area (Å²) >= 11 is 1.73. The fraction of sp³-hybridized carbons (Fsp3) is 0.421. The van der Waals surface area contributed by atoms with Gasteiger partial charge < -0.3 is 10.4 Å². The molecule has 0 saturated heterocycles. The van der Waals surface area contributed by atoms with Crippen LogP contribution in [0, 0.1) is 6.92 Å². The molecule has 0 aliphatic carbocycles. The standard InChI is InChI=1S/C19H24F2N2O3S/c1-12-5-10-15(27-12)14-8-6-13(7-9-14)4-3-11-22-16(17(24)23-26)19(2,25)18(20)21/h5-10,16,18,22,25-26H,3-4,11H2,1-2H3,(H,23,24)/t16-,19+/m1/s1. The number of hydrogen-bond acceptors (Lipinski definition) is 5. The first-order valence-corrected chi connectivity index (χ1v) is 9.41. The number of rotatable bonds is 9. The van der Waals surface area contributed by atoms with Crippen molar-refractivity contribution in [2.75, 3.05) is 6.54 Å². The van der Waals surface area contributed by atoms with Crippen molar-refractivity contribution in [2.24, 2.45) is 0 Å². The van der Waals surface area contributed by atoms with E-state index in [0.717, 1.165) is 18.1 Å². The molecule has 27 heavy (non-hydrogen) atoms. The number of carbonyl (C=O) groups excluding carboxylic acids is 1. The Labute approximate surface area is 161 Å². The zero-order chi connectivity index (χ0) is 20.0. The first-order valence-electron chi connectivity index (χ1n) is 8.59. The molecular weight excluding hydrogens is 374 g/mol. The molecule has 1 aromatic heterocycles. The van der Waals surface area contributed by atoms with Crippen molar-refractivity contribution in [1.82, 2.24) is 10.8 Å². The van der Waals surface area contributed by atoms with Crippen LogP contribution < -0.4 is 10.8 Å². The van der Waals surface area contributed by atoms with Gasteiger partial charge in [0.25, 0.3) is 12.3 Å². The van der Waals surface area contributed by atoms with Crippen molar-refractivity contribution < 1.29 is 23.9 Å². The second-order valence-corrected chi connectivity index (χ2v) is 7.89. The van der Waals surface area contributed by atoms with Gasteiger partial charge in [0.1, 0.15) is 11.6 Å². The lowest BCUT2D eigenvalue weighted by Crippen LogP contribution is -2.60. The summed E-state index contributed by atoms with van der Waals surface area (Å²) in [6, 6.07) is 10.6. The predicted octanol–water partition coefficient (Wildman–Crippen LogP) is 3.14. The van der Waals surface area contributed by atoms with E-state index in [1.165, 1.54) is 15.2 Å². The normalized spacial score (nSPS) is 14.8. The Morgan fingerprint density at radius 2 is 1.89 bits per heavy atom. The first-order chi connectivity index (χ1) is 12.8. The highest BCUT2D eigenvalue weighted by atomic mass is 32.1. The first kappa shape index (κ1) is 21.4. The molecule has 0 radical (unpaired) electrons. The molecule has 2 atom stereocenters. The van der Waals surface area contributed by atoms with E-state index in [0.29, 0.717) is 12.8 Å². The average Bonchev–Trinajstić information content (AvgIpc) is 3.07. The van der Waals surface area contributed by atoms with Gasteiger partial charge in [0.2, 0.25) is 0 Å². The number of aryl methyl sites for hydroxylation is 2. The van der Waals surface area contributed by atoms with E-state index in [4.69, 9.17) is 5.21 Å². The van der Waals surface area contributed by atoms with Crippen molar-refractivity contribution in [3.05, 3.63) is 46.8 Å². The van der Waals surface area contributed by atoms with Crippen LogP contribution in [0.3, 0.4) is 0 Å². The van der Waals surface area contributed by atoms with Gasteiger partial charge in [-0.05, 0) is 56.5 Å². The number of hydrogen-bond donors (Lipinski definition) is 4. The Kier molecular flexibility index (Phi) is 7.43. The molecule has 0 fully saturated rings. The van der Waals surface area contributed by atoms with E-state index >= 15 is 0 Å². The quantitative estimate of drug-likeness (QED) is 0.297. The number of carbonyl (C=O) groups is 1. The maximum absolute atomic E-state index is 13.0. The Hall–Kier alpha value is -1.87. The molecule has 1 heterocycles. The average molecular weight is 398 g/mol. The van der Waals surface area contributed by atoms with Gasteiger partial charge in [-0.2, -0.15) is 0 Å². The predicted molar refractivity (Wildman–Crippen MR) is 101 cm³/mol. The Morgan fingerprint density at radius 1 is 1.22 bits per heavy atom. The number of halogens is 2. The van der Waals surface area contributed by atoms with Gasteiger partial charge in [-0.3, -0.25) is 10.0 Å². The third kappa shape index (κ3) is 5.55. The molecule has 148 valence electrons. The van der Waals surface area contributed by atoms with E-state index in [1.807, 2.05) is 24.3 Å². The molecule has 8 heteroatoms. The van der Waals surface area contributed by atoms with Crippen LogP contribution in [0.1, 0.15) is 23.8 Å². The largest absolute Gasteiger partial charge is 0.382 e. The molecular formula is C19H24F2N2O3S. The summed E-state index contributed by atoms with van der Waals surface area (Å²) in [5, 5.41) is 21.1. The number of thiophene rings is 1. The van der Waals surface area contributed by atoms with Crippen molar-refractivity contribution in [1.29, 1.82) is 0 Å². The number of hydroxylamine groups is 1. The molecule has 1 amide bonds. The number of amides is 1. The minimum Gasteiger partial charge on any atom is -0.382 e. The van der Waals surface area contributed by atoms with Gasteiger partial charge in [0.05, 0.1) is 0 Å². The van der Waals surface area contributed by atoms with Crippen LogP contribution in [-0.4, -0.2) is 40.8 Å². The lowest BCUT2D eigenvalue weighted by atomic mass is 9.96. The Bertz CT molecular complexity index is 748. The third-order valence-electron chi connectivity index (χ3n) is 4.37.